The lowest BCUT2D eigenvalue weighted by molar-refractivity contribution is 0.475. The summed E-state index contributed by atoms with van der Waals surface area (Å²) in [6.07, 6.45) is 0. The van der Waals surface area contributed by atoms with Crippen LogP contribution in [-0.2, 0) is 5.41 Å². The second kappa shape index (κ2) is 8.92. The van der Waals surface area contributed by atoms with E-state index in [9.17, 15) is 14.6 Å². The summed E-state index contributed by atoms with van der Waals surface area (Å²) in [6, 6.07) is 35.3. The number of hydrogen-bond acceptors (Lipinski definition) is 2. The second-order valence-electron chi connectivity index (χ2n) is 12.7. The first-order valence-corrected chi connectivity index (χ1v) is 14.6. The quantitative estimate of drug-likeness (QED) is 0.163. The highest BCUT2D eigenvalue weighted by atomic mass is 19.1. The van der Waals surface area contributed by atoms with E-state index in [1.807, 2.05) is 30.3 Å². The van der Waals surface area contributed by atoms with Crippen molar-refractivity contribution in [2.75, 3.05) is 0 Å². The maximum atomic E-state index is 14.9. The molecule has 0 fully saturated rings. The molecule has 0 aliphatic carbocycles. The van der Waals surface area contributed by atoms with Crippen LogP contribution in [-0.4, -0.2) is 10.2 Å². The highest BCUT2D eigenvalue weighted by Gasteiger charge is 2.23. The van der Waals surface area contributed by atoms with Gasteiger partial charge in [0.15, 0.2) is 0 Å². The maximum absolute atomic E-state index is 14.9. The largest absolute Gasteiger partial charge is 0.508 e. The average molecular weight is 561 g/mol. The summed E-state index contributed by atoms with van der Waals surface area (Å²) < 4.78 is 14.9. The lowest BCUT2D eigenvalue weighted by Gasteiger charge is -2.24. The van der Waals surface area contributed by atoms with Crippen LogP contribution in [0.15, 0.2) is 109 Å². The summed E-state index contributed by atoms with van der Waals surface area (Å²) in [7, 11) is 0. The standard InChI is InChI=1S/C40H29FO2/c1-40(2,3)28-16-26-19-32(22-7-12-30(42)13-8-22)35-18-25-5-4-23-6-11-29(41)21-34(23)37(25)38-33(24-9-14-31(43)15-10-24)20-27(17-28)36(26)39(35)38/h4-21,42-43H,1-3H3. The molecule has 8 aromatic rings. The Labute approximate surface area is 248 Å². The number of rotatable bonds is 2. The first kappa shape index (κ1) is 25.6. The van der Waals surface area contributed by atoms with Crippen LogP contribution in [0.3, 0.4) is 0 Å². The van der Waals surface area contributed by atoms with Crippen molar-refractivity contribution in [3.05, 3.63) is 121 Å². The van der Waals surface area contributed by atoms with Crippen molar-refractivity contribution in [1.82, 2.24) is 0 Å². The number of fused-ring (bicyclic) bond motifs is 4. The molecule has 0 spiro atoms. The van der Waals surface area contributed by atoms with Crippen LogP contribution in [0.4, 0.5) is 4.39 Å². The summed E-state index contributed by atoms with van der Waals surface area (Å²) in [5, 5.41) is 30.9. The van der Waals surface area contributed by atoms with Gasteiger partial charge < -0.3 is 10.2 Å². The molecule has 0 heterocycles. The predicted octanol–water partition coefficient (Wildman–Crippen LogP) is 11.1. The topological polar surface area (TPSA) is 40.5 Å². The van der Waals surface area contributed by atoms with Crippen LogP contribution in [0.2, 0.25) is 0 Å². The molecule has 0 radical (unpaired) electrons. The van der Waals surface area contributed by atoms with Gasteiger partial charge in [-0.05, 0) is 142 Å². The zero-order valence-corrected chi connectivity index (χ0v) is 24.2. The van der Waals surface area contributed by atoms with Gasteiger partial charge in [0.1, 0.15) is 17.3 Å². The van der Waals surface area contributed by atoms with E-state index in [0.29, 0.717) is 0 Å². The molecule has 3 heteroatoms. The van der Waals surface area contributed by atoms with Crippen LogP contribution in [0, 0.1) is 5.82 Å². The van der Waals surface area contributed by atoms with Crippen molar-refractivity contribution in [2.24, 2.45) is 0 Å². The third kappa shape index (κ3) is 3.92. The van der Waals surface area contributed by atoms with Crippen molar-refractivity contribution in [2.45, 2.75) is 26.2 Å². The molecule has 8 aromatic carbocycles. The van der Waals surface area contributed by atoms with Gasteiger partial charge in [-0.15, -0.1) is 0 Å². The van der Waals surface area contributed by atoms with Gasteiger partial charge in [-0.1, -0.05) is 75.4 Å². The first-order chi connectivity index (χ1) is 20.7. The number of aromatic hydroxyl groups is 2. The zero-order chi connectivity index (χ0) is 29.6. The molecule has 2 nitrogen and oxygen atoms in total. The fourth-order valence-electron chi connectivity index (χ4n) is 6.78. The van der Waals surface area contributed by atoms with Crippen LogP contribution in [0.1, 0.15) is 26.3 Å². The number of benzene rings is 8. The summed E-state index contributed by atoms with van der Waals surface area (Å²) in [4.78, 5) is 0. The van der Waals surface area contributed by atoms with Gasteiger partial charge in [0.25, 0.3) is 0 Å². The molecule has 0 saturated carbocycles. The Morgan fingerprint density at radius 2 is 1.02 bits per heavy atom. The fourth-order valence-corrected chi connectivity index (χ4v) is 6.78. The SMILES string of the molecule is CC(C)(C)c1cc2cc(-c3ccc(O)cc3)c3cc4ccc5ccc(F)cc5c4c4c(-c5ccc(O)cc5)cc(c1)c2c34. The minimum atomic E-state index is -0.267. The van der Waals surface area contributed by atoms with Crippen LogP contribution >= 0.6 is 0 Å². The van der Waals surface area contributed by atoms with Crippen molar-refractivity contribution in [1.29, 1.82) is 0 Å². The Balaban J connectivity index is 1.69. The minimum absolute atomic E-state index is 0.0672. The van der Waals surface area contributed by atoms with E-state index in [-0.39, 0.29) is 22.7 Å². The van der Waals surface area contributed by atoms with Crippen molar-refractivity contribution in [3.8, 4) is 33.8 Å². The van der Waals surface area contributed by atoms with Gasteiger partial charge >= 0.3 is 0 Å². The molecule has 0 unspecified atom stereocenters. The Bertz CT molecular complexity index is 2360. The van der Waals surface area contributed by atoms with E-state index in [1.165, 1.54) is 17.0 Å². The average Bonchev–Trinajstić information content (AvgIpc) is 2.99. The molecule has 0 aromatic heterocycles. The highest BCUT2D eigenvalue weighted by Crippen LogP contribution is 2.49. The Morgan fingerprint density at radius 1 is 0.465 bits per heavy atom. The van der Waals surface area contributed by atoms with E-state index in [1.54, 1.807) is 30.3 Å². The van der Waals surface area contributed by atoms with E-state index >= 15 is 0 Å². The van der Waals surface area contributed by atoms with Crippen LogP contribution < -0.4 is 0 Å². The number of phenols is 2. The summed E-state index contributed by atoms with van der Waals surface area (Å²) in [5.41, 5.74) is 5.28. The molecule has 0 bridgehead atoms. The Kier molecular flexibility index (Phi) is 5.30. The smallest absolute Gasteiger partial charge is 0.123 e. The van der Waals surface area contributed by atoms with E-state index in [2.05, 4.69) is 63.2 Å². The predicted molar refractivity (Wildman–Crippen MR) is 178 cm³/mol. The van der Waals surface area contributed by atoms with E-state index in [0.717, 1.165) is 70.7 Å². The van der Waals surface area contributed by atoms with Crippen molar-refractivity contribution < 1.29 is 14.6 Å². The third-order valence-corrected chi connectivity index (χ3v) is 8.92. The van der Waals surface area contributed by atoms with Gasteiger partial charge in [0.2, 0.25) is 0 Å². The summed E-state index contributed by atoms with van der Waals surface area (Å²) >= 11 is 0. The molecule has 0 aliphatic rings. The van der Waals surface area contributed by atoms with Gasteiger partial charge in [-0.3, -0.25) is 0 Å². The number of halogens is 1. The monoisotopic (exact) mass is 560 g/mol. The lowest BCUT2D eigenvalue weighted by Crippen LogP contribution is -2.11. The normalized spacial score (nSPS) is 12.4. The van der Waals surface area contributed by atoms with E-state index < -0.39 is 0 Å². The first-order valence-electron chi connectivity index (χ1n) is 14.6. The molecule has 2 N–H and O–H groups in total. The molecule has 43 heavy (non-hydrogen) atoms. The van der Waals surface area contributed by atoms with Gasteiger partial charge in [-0.2, -0.15) is 0 Å². The second-order valence-corrected chi connectivity index (χ2v) is 12.7. The van der Waals surface area contributed by atoms with Crippen molar-refractivity contribution in [3.63, 3.8) is 0 Å². The molecule has 0 aliphatic heterocycles. The molecule has 0 amide bonds. The van der Waals surface area contributed by atoms with Gasteiger partial charge in [-0.25, -0.2) is 4.39 Å². The molecular formula is C40H29FO2. The lowest BCUT2D eigenvalue weighted by atomic mass is 9.79. The van der Waals surface area contributed by atoms with Gasteiger partial charge in [0.05, 0.1) is 0 Å². The molecule has 208 valence electrons. The number of phenolic OH excluding ortho intramolecular Hbond substituents is 2. The van der Waals surface area contributed by atoms with Crippen LogP contribution in [0.25, 0.3) is 76.1 Å². The third-order valence-electron chi connectivity index (χ3n) is 8.92. The van der Waals surface area contributed by atoms with Crippen LogP contribution in [0.5, 0.6) is 11.5 Å². The zero-order valence-electron chi connectivity index (χ0n) is 24.2. The van der Waals surface area contributed by atoms with E-state index in [4.69, 9.17) is 0 Å². The Hall–Kier alpha value is -5.15. The minimum Gasteiger partial charge on any atom is -0.508 e. The van der Waals surface area contributed by atoms with Gasteiger partial charge in [0, 0.05) is 0 Å². The summed E-state index contributed by atoms with van der Waals surface area (Å²) in [6.45, 7) is 6.70. The highest BCUT2D eigenvalue weighted by molar-refractivity contribution is 6.37. The maximum Gasteiger partial charge on any atom is 0.123 e. The molecular weight excluding hydrogens is 531 g/mol. The molecule has 0 saturated heterocycles. The Morgan fingerprint density at radius 3 is 1.65 bits per heavy atom. The molecule has 0 atom stereocenters. The van der Waals surface area contributed by atoms with Crippen molar-refractivity contribution >= 4 is 53.9 Å². The molecule has 8 rings (SSSR count). The number of hydrogen-bond donors (Lipinski definition) is 2. The fraction of sp³-hybridized carbons (Fsp3) is 0.100. The summed E-state index contributed by atoms with van der Waals surface area (Å²) in [5.74, 6) is 0.170.